The largest absolute Gasteiger partial charge is 0.368 e. The van der Waals surface area contributed by atoms with Crippen molar-refractivity contribution in [2.75, 3.05) is 7.05 Å². The lowest BCUT2D eigenvalue weighted by Gasteiger charge is -2.11. The molecule has 1 rings (SSSR count). The molecule has 1 aliphatic rings. The molecule has 0 heterocycles. The highest BCUT2D eigenvalue weighted by Gasteiger charge is 2.25. The van der Waals surface area contributed by atoms with E-state index in [1.165, 1.54) is 0 Å². The Morgan fingerprint density at radius 1 is 1.54 bits per heavy atom. The number of nitrogens with two attached hydrogens (primary N) is 1. The Bertz CT molecular complexity index is 213. The minimum atomic E-state index is -0.557. The SMILES string of the molecule is CNC(CC(=O)NC1CC1)C(N)=O. The van der Waals surface area contributed by atoms with Gasteiger partial charge >= 0.3 is 0 Å². The average molecular weight is 185 g/mol. The predicted octanol–water partition coefficient (Wildman–Crippen LogP) is -1.27. The standard InChI is InChI=1S/C8H15N3O2/c1-10-6(8(9)13)4-7(12)11-5-2-3-5/h5-6,10H,2-4H2,1H3,(H2,9,13)(H,11,12). The number of carbonyl (C=O) groups excluding carboxylic acids is 2. The molecule has 0 aliphatic heterocycles. The zero-order valence-electron chi connectivity index (χ0n) is 7.67. The fourth-order valence-electron chi connectivity index (χ4n) is 1.04. The van der Waals surface area contributed by atoms with Crippen LogP contribution < -0.4 is 16.4 Å². The molecule has 74 valence electrons. The summed E-state index contributed by atoms with van der Waals surface area (Å²) in [5.74, 6) is -0.603. The number of hydrogen-bond donors (Lipinski definition) is 3. The lowest BCUT2D eigenvalue weighted by atomic mass is 10.2. The van der Waals surface area contributed by atoms with Crippen molar-refractivity contribution in [3.05, 3.63) is 0 Å². The summed E-state index contributed by atoms with van der Waals surface area (Å²) in [5.41, 5.74) is 5.06. The highest BCUT2D eigenvalue weighted by molar-refractivity contribution is 5.87. The molecule has 1 unspecified atom stereocenters. The van der Waals surface area contributed by atoms with E-state index in [9.17, 15) is 9.59 Å². The van der Waals surface area contributed by atoms with Gasteiger partial charge in [0.15, 0.2) is 0 Å². The van der Waals surface area contributed by atoms with E-state index in [1.54, 1.807) is 7.05 Å². The molecule has 2 amide bonds. The summed E-state index contributed by atoms with van der Waals surface area (Å²) >= 11 is 0. The van der Waals surface area contributed by atoms with Crippen molar-refractivity contribution < 1.29 is 9.59 Å². The number of likely N-dealkylation sites (N-methyl/N-ethyl adjacent to an activating group) is 1. The summed E-state index contributed by atoms with van der Waals surface area (Å²) in [7, 11) is 1.61. The van der Waals surface area contributed by atoms with Crippen molar-refractivity contribution in [2.24, 2.45) is 5.73 Å². The van der Waals surface area contributed by atoms with Crippen molar-refractivity contribution in [3.8, 4) is 0 Å². The lowest BCUT2D eigenvalue weighted by molar-refractivity contribution is -0.126. The van der Waals surface area contributed by atoms with Crippen LogP contribution in [-0.4, -0.2) is 30.9 Å². The highest BCUT2D eigenvalue weighted by atomic mass is 16.2. The van der Waals surface area contributed by atoms with Gasteiger partial charge in [0.2, 0.25) is 11.8 Å². The van der Waals surface area contributed by atoms with Gasteiger partial charge in [0, 0.05) is 6.04 Å². The van der Waals surface area contributed by atoms with E-state index in [-0.39, 0.29) is 12.3 Å². The van der Waals surface area contributed by atoms with E-state index in [1.807, 2.05) is 0 Å². The molecular formula is C8H15N3O2. The molecule has 0 spiro atoms. The normalized spacial score (nSPS) is 17.9. The third kappa shape index (κ3) is 3.42. The maximum atomic E-state index is 11.2. The minimum Gasteiger partial charge on any atom is -0.368 e. The minimum absolute atomic E-state index is 0.111. The van der Waals surface area contributed by atoms with Crippen LogP contribution in [0.4, 0.5) is 0 Å². The Morgan fingerprint density at radius 2 is 2.15 bits per heavy atom. The molecule has 0 aromatic carbocycles. The predicted molar refractivity (Wildman–Crippen MR) is 47.8 cm³/mol. The second-order valence-electron chi connectivity index (χ2n) is 3.29. The maximum Gasteiger partial charge on any atom is 0.235 e. The number of rotatable bonds is 5. The van der Waals surface area contributed by atoms with E-state index < -0.39 is 11.9 Å². The van der Waals surface area contributed by atoms with Gasteiger partial charge in [-0.2, -0.15) is 0 Å². The second kappa shape index (κ2) is 4.23. The van der Waals surface area contributed by atoms with Crippen LogP contribution >= 0.6 is 0 Å². The topological polar surface area (TPSA) is 84.2 Å². The molecule has 1 aliphatic carbocycles. The molecule has 1 atom stereocenters. The molecule has 13 heavy (non-hydrogen) atoms. The molecule has 0 aromatic heterocycles. The summed E-state index contributed by atoms with van der Waals surface area (Å²) in [6.07, 6.45) is 2.22. The van der Waals surface area contributed by atoms with Gasteiger partial charge in [0.05, 0.1) is 12.5 Å². The van der Waals surface area contributed by atoms with Crippen molar-refractivity contribution in [1.82, 2.24) is 10.6 Å². The first kappa shape index (κ1) is 9.98. The van der Waals surface area contributed by atoms with Gasteiger partial charge in [-0.15, -0.1) is 0 Å². The lowest BCUT2D eigenvalue weighted by Crippen LogP contribution is -2.43. The quantitative estimate of drug-likeness (QED) is 0.499. The van der Waals surface area contributed by atoms with Crippen LogP contribution in [0.1, 0.15) is 19.3 Å². The summed E-state index contributed by atoms with van der Waals surface area (Å²) in [6, 6.07) is -0.225. The first-order valence-electron chi connectivity index (χ1n) is 4.39. The van der Waals surface area contributed by atoms with E-state index in [2.05, 4.69) is 10.6 Å². The van der Waals surface area contributed by atoms with E-state index in [4.69, 9.17) is 5.73 Å². The molecular weight excluding hydrogens is 170 g/mol. The van der Waals surface area contributed by atoms with E-state index in [0.29, 0.717) is 6.04 Å². The van der Waals surface area contributed by atoms with Crippen LogP contribution in [0.5, 0.6) is 0 Å². The molecule has 1 fully saturated rings. The van der Waals surface area contributed by atoms with Gasteiger partial charge < -0.3 is 16.4 Å². The molecule has 0 saturated heterocycles. The fraction of sp³-hybridized carbons (Fsp3) is 0.750. The molecule has 5 nitrogen and oxygen atoms in total. The smallest absolute Gasteiger partial charge is 0.235 e. The molecule has 4 N–H and O–H groups in total. The second-order valence-corrected chi connectivity index (χ2v) is 3.29. The number of carbonyl (C=O) groups is 2. The van der Waals surface area contributed by atoms with Gasteiger partial charge in [-0.1, -0.05) is 0 Å². The number of amides is 2. The molecule has 0 aromatic rings. The fourth-order valence-corrected chi connectivity index (χ4v) is 1.04. The van der Waals surface area contributed by atoms with Crippen LogP contribution in [0.2, 0.25) is 0 Å². The third-order valence-corrected chi connectivity index (χ3v) is 2.02. The Hall–Kier alpha value is -1.10. The monoisotopic (exact) mass is 185 g/mol. The molecule has 5 heteroatoms. The van der Waals surface area contributed by atoms with Crippen LogP contribution in [0, 0.1) is 0 Å². The van der Waals surface area contributed by atoms with Crippen molar-refractivity contribution in [1.29, 1.82) is 0 Å². The maximum absolute atomic E-state index is 11.2. The van der Waals surface area contributed by atoms with Gasteiger partial charge in [-0.3, -0.25) is 9.59 Å². The van der Waals surface area contributed by atoms with Gasteiger partial charge in [-0.05, 0) is 19.9 Å². The Morgan fingerprint density at radius 3 is 2.54 bits per heavy atom. The van der Waals surface area contributed by atoms with Crippen LogP contribution in [-0.2, 0) is 9.59 Å². The zero-order chi connectivity index (χ0) is 9.84. The van der Waals surface area contributed by atoms with Crippen molar-refractivity contribution in [3.63, 3.8) is 0 Å². The number of hydrogen-bond acceptors (Lipinski definition) is 3. The van der Waals surface area contributed by atoms with Crippen LogP contribution in [0.15, 0.2) is 0 Å². The number of primary amides is 1. The summed E-state index contributed by atoms with van der Waals surface area (Å²) in [5, 5.41) is 5.48. The Balaban J connectivity index is 2.26. The van der Waals surface area contributed by atoms with Crippen LogP contribution in [0.3, 0.4) is 0 Å². The molecule has 0 bridgehead atoms. The van der Waals surface area contributed by atoms with Crippen molar-refractivity contribution >= 4 is 11.8 Å². The van der Waals surface area contributed by atoms with Gasteiger partial charge in [-0.25, -0.2) is 0 Å². The number of nitrogens with one attached hydrogen (secondary N) is 2. The van der Waals surface area contributed by atoms with Gasteiger partial charge in [0.25, 0.3) is 0 Å². The summed E-state index contributed by atoms with van der Waals surface area (Å²) < 4.78 is 0. The Labute approximate surface area is 77.1 Å². The first-order chi connectivity index (χ1) is 6.13. The van der Waals surface area contributed by atoms with Crippen LogP contribution in [0.25, 0.3) is 0 Å². The highest BCUT2D eigenvalue weighted by Crippen LogP contribution is 2.18. The summed E-state index contributed by atoms with van der Waals surface area (Å²) in [6.45, 7) is 0. The molecule has 0 radical (unpaired) electrons. The Kier molecular flexibility index (Phi) is 3.25. The van der Waals surface area contributed by atoms with E-state index >= 15 is 0 Å². The molecule has 1 saturated carbocycles. The third-order valence-electron chi connectivity index (χ3n) is 2.02. The average Bonchev–Trinajstić information content (AvgIpc) is 2.83. The van der Waals surface area contributed by atoms with Crippen molar-refractivity contribution in [2.45, 2.75) is 31.3 Å². The van der Waals surface area contributed by atoms with E-state index in [0.717, 1.165) is 12.8 Å². The summed E-state index contributed by atoms with van der Waals surface area (Å²) in [4.78, 5) is 22.0. The first-order valence-corrected chi connectivity index (χ1v) is 4.39. The van der Waals surface area contributed by atoms with Gasteiger partial charge in [0.1, 0.15) is 0 Å². The zero-order valence-corrected chi connectivity index (χ0v) is 7.67.